The van der Waals surface area contributed by atoms with Crippen LogP contribution in [0.25, 0.3) is 0 Å². The van der Waals surface area contributed by atoms with Gasteiger partial charge in [0, 0.05) is 12.3 Å². The monoisotopic (exact) mass is 383 g/mol. The van der Waals surface area contributed by atoms with Crippen molar-refractivity contribution in [1.29, 1.82) is 0 Å². The first-order chi connectivity index (χ1) is 13.2. The van der Waals surface area contributed by atoms with E-state index in [0.29, 0.717) is 30.3 Å². The van der Waals surface area contributed by atoms with Gasteiger partial charge in [0.1, 0.15) is 18.2 Å². The van der Waals surface area contributed by atoms with Crippen molar-refractivity contribution >= 4 is 11.8 Å². The first-order valence-corrected chi connectivity index (χ1v) is 9.80. The van der Waals surface area contributed by atoms with Gasteiger partial charge in [0.05, 0.1) is 0 Å². The number of rotatable bonds is 9. The zero-order valence-corrected chi connectivity index (χ0v) is 16.1. The van der Waals surface area contributed by atoms with Gasteiger partial charge in [0.15, 0.2) is 11.0 Å². The van der Waals surface area contributed by atoms with Gasteiger partial charge in [-0.2, -0.15) is 0 Å². The molecule has 140 valence electrons. The van der Waals surface area contributed by atoms with Gasteiger partial charge in [-0.05, 0) is 35.7 Å². The maximum absolute atomic E-state index is 13.8. The second-order valence-electron chi connectivity index (χ2n) is 5.96. The van der Waals surface area contributed by atoms with Crippen molar-refractivity contribution in [1.82, 2.24) is 14.8 Å². The summed E-state index contributed by atoms with van der Waals surface area (Å²) in [5, 5.41) is 9.21. The van der Waals surface area contributed by atoms with E-state index in [1.54, 1.807) is 18.2 Å². The molecule has 0 fully saturated rings. The summed E-state index contributed by atoms with van der Waals surface area (Å²) in [7, 11) is 0. The molecule has 27 heavy (non-hydrogen) atoms. The van der Waals surface area contributed by atoms with E-state index >= 15 is 0 Å². The van der Waals surface area contributed by atoms with E-state index in [4.69, 9.17) is 4.74 Å². The van der Waals surface area contributed by atoms with Crippen LogP contribution in [0.2, 0.25) is 0 Å². The molecule has 0 radical (unpaired) electrons. The van der Waals surface area contributed by atoms with Gasteiger partial charge < -0.3 is 4.74 Å². The van der Waals surface area contributed by atoms with Crippen molar-refractivity contribution < 1.29 is 9.13 Å². The summed E-state index contributed by atoms with van der Waals surface area (Å²) in [6.45, 7) is 6.80. The number of allylic oxidation sites excluding steroid dienone is 1. The lowest BCUT2D eigenvalue weighted by Crippen LogP contribution is -2.07. The predicted molar refractivity (Wildman–Crippen MR) is 106 cm³/mol. The van der Waals surface area contributed by atoms with Crippen molar-refractivity contribution in [3.63, 3.8) is 0 Å². The molecule has 6 heteroatoms. The SMILES string of the molecule is C=CCn1c(COc2ccc(CC)cc2)nnc1SCc1ccccc1F. The first-order valence-electron chi connectivity index (χ1n) is 8.82. The lowest BCUT2D eigenvalue weighted by Gasteiger charge is -2.09. The highest BCUT2D eigenvalue weighted by molar-refractivity contribution is 7.98. The Bertz CT molecular complexity index is 893. The minimum Gasteiger partial charge on any atom is -0.486 e. The molecule has 0 N–H and O–H groups in total. The molecule has 3 aromatic rings. The number of thioether (sulfide) groups is 1. The van der Waals surface area contributed by atoms with Gasteiger partial charge in [0.25, 0.3) is 0 Å². The Balaban J connectivity index is 1.68. The van der Waals surface area contributed by atoms with Crippen LogP contribution >= 0.6 is 11.8 Å². The van der Waals surface area contributed by atoms with Gasteiger partial charge in [-0.3, -0.25) is 4.57 Å². The van der Waals surface area contributed by atoms with Crippen LogP contribution < -0.4 is 4.74 Å². The van der Waals surface area contributed by atoms with Gasteiger partial charge in [-0.15, -0.1) is 16.8 Å². The molecule has 2 aromatic carbocycles. The van der Waals surface area contributed by atoms with E-state index < -0.39 is 0 Å². The molecule has 0 bridgehead atoms. The Labute approximate surface area is 163 Å². The number of nitrogens with zero attached hydrogens (tertiary/aromatic N) is 3. The number of ether oxygens (including phenoxy) is 1. The third kappa shape index (κ3) is 4.98. The van der Waals surface area contributed by atoms with E-state index in [9.17, 15) is 4.39 Å². The zero-order chi connectivity index (χ0) is 19.1. The fourth-order valence-corrected chi connectivity index (χ4v) is 3.53. The van der Waals surface area contributed by atoms with E-state index in [1.807, 2.05) is 22.8 Å². The first kappa shape index (κ1) is 19.2. The molecule has 0 amide bonds. The molecule has 4 nitrogen and oxygen atoms in total. The second kappa shape index (κ2) is 9.37. The summed E-state index contributed by atoms with van der Waals surface area (Å²) >= 11 is 1.45. The molecular weight excluding hydrogens is 361 g/mol. The fourth-order valence-electron chi connectivity index (χ4n) is 2.57. The Morgan fingerprint density at radius 2 is 1.93 bits per heavy atom. The third-order valence-electron chi connectivity index (χ3n) is 4.12. The molecule has 1 aromatic heterocycles. The van der Waals surface area contributed by atoms with Crippen molar-refractivity contribution in [2.24, 2.45) is 0 Å². The van der Waals surface area contributed by atoms with Crippen LogP contribution in [-0.4, -0.2) is 14.8 Å². The molecule has 0 spiro atoms. The number of aryl methyl sites for hydroxylation is 1. The van der Waals surface area contributed by atoms with Crippen LogP contribution in [0.15, 0.2) is 66.3 Å². The summed E-state index contributed by atoms with van der Waals surface area (Å²) < 4.78 is 21.6. The zero-order valence-electron chi connectivity index (χ0n) is 15.3. The van der Waals surface area contributed by atoms with Crippen LogP contribution in [0.5, 0.6) is 5.75 Å². The Hall–Kier alpha value is -2.60. The summed E-state index contributed by atoms with van der Waals surface area (Å²) in [5.74, 6) is 1.78. The second-order valence-corrected chi connectivity index (χ2v) is 6.91. The maximum Gasteiger partial charge on any atom is 0.191 e. The smallest absolute Gasteiger partial charge is 0.191 e. The standard InChI is InChI=1S/C21H22FN3OS/c1-3-13-25-20(14-26-18-11-9-16(4-2)10-12-18)23-24-21(25)27-15-17-7-5-6-8-19(17)22/h3,5-12H,1,4,13-15H2,2H3. The molecule has 0 aliphatic heterocycles. The third-order valence-corrected chi connectivity index (χ3v) is 5.13. The largest absolute Gasteiger partial charge is 0.486 e. The van der Waals surface area contributed by atoms with Crippen LogP contribution in [0, 0.1) is 5.82 Å². The highest BCUT2D eigenvalue weighted by Gasteiger charge is 2.13. The molecule has 1 heterocycles. The van der Waals surface area contributed by atoms with E-state index in [1.165, 1.54) is 23.4 Å². The van der Waals surface area contributed by atoms with Gasteiger partial charge >= 0.3 is 0 Å². The van der Waals surface area contributed by atoms with Crippen LogP contribution in [0.3, 0.4) is 0 Å². The Morgan fingerprint density at radius 1 is 1.15 bits per heavy atom. The average molecular weight is 383 g/mol. The lowest BCUT2D eigenvalue weighted by molar-refractivity contribution is 0.289. The minimum atomic E-state index is -0.209. The average Bonchev–Trinajstić information content (AvgIpc) is 3.08. The number of benzene rings is 2. The fraction of sp³-hybridized carbons (Fsp3) is 0.238. The summed E-state index contributed by atoms with van der Waals surface area (Å²) in [5.41, 5.74) is 1.91. The minimum absolute atomic E-state index is 0.209. The lowest BCUT2D eigenvalue weighted by atomic mass is 10.2. The quantitative estimate of drug-likeness (QED) is 0.383. The number of aromatic nitrogens is 3. The number of halogens is 1. The number of hydrogen-bond acceptors (Lipinski definition) is 4. The summed E-state index contributed by atoms with van der Waals surface area (Å²) in [6.07, 6.45) is 2.78. The summed E-state index contributed by atoms with van der Waals surface area (Å²) in [6, 6.07) is 14.8. The molecule has 0 atom stereocenters. The van der Waals surface area contributed by atoms with E-state index in [0.717, 1.165) is 17.3 Å². The number of hydrogen-bond donors (Lipinski definition) is 0. The molecule has 0 saturated carbocycles. The van der Waals surface area contributed by atoms with E-state index in [2.05, 4.69) is 35.8 Å². The van der Waals surface area contributed by atoms with Crippen LogP contribution in [0.4, 0.5) is 4.39 Å². The molecule has 3 rings (SSSR count). The van der Waals surface area contributed by atoms with Gasteiger partial charge in [-0.1, -0.05) is 55.1 Å². The van der Waals surface area contributed by atoms with Crippen LogP contribution in [-0.2, 0) is 25.3 Å². The van der Waals surface area contributed by atoms with Gasteiger partial charge in [-0.25, -0.2) is 4.39 Å². The molecule has 0 unspecified atom stereocenters. The molecular formula is C21H22FN3OS. The maximum atomic E-state index is 13.8. The topological polar surface area (TPSA) is 39.9 Å². The molecule has 0 aliphatic rings. The van der Waals surface area contributed by atoms with E-state index in [-0.39, 0.29) is 5.82 Å². The van der Waals surface area contributed by atoms with Crippen molar-refractivity contribution in [2.75, 3.05) is 0 Å². The van der Waals surface area contributed by atoms with Crippen molar-refractivity contribution in [3.05, 3.63) is 84.0 Å². The van der Waals surface area contributed by atoms with Crippen molar-refractivity contribution in [3.8, 4) is 5.75 Å². The molecule has 0 aliphatic carbocycles. The highest BCUT2D eigenvalue weighted by atomic mass is 32.2. The normalized spacial score (nSPS) is 10.7. The summed E-state index contributed by atoms with van der Waals surface area (Å²) in [4.78, 5) is 0. The predicted octanol–water partition coefficient (Wildman–Crippen LogP) is 5.04. The van der Waals surface area contributed by atoms with Gasteiger partial charge in [0.2, 0.25) is 0 Å². The van der Waals surface area contributed by atoms with Crippen molar-refractivity contribution in [2.45, 2.75) is 37.4 Å². The Kier molecular flexibility index (Phi) is 6.65. The molecule has 0 saturated heterocycles. The highest BCUT2D eigenvalue weighted by Crippen LogP contribution is 2.24. The Morgan fingerprint density at radius 3 is 2.63 bits per heavy atom. The van der Waals surface area contributed by atoms with Crippen LogP contribution in [0.1, 0.15) is 23.9 Å².